The van der Waals surface area contributed by atoms with Crippen molar-refractivity contribution in [1.82, 2.24) is 19.5 Å². The summed E-state index contributed by atoms with van der Waals surface area (Å²) in [7, 11) is 1.60. The van der Waals surface area contributed by atoms with Gasteiger partial charge < -0.3 is 28.6 Å². The molecule has 2 heterocycles. The predicted octanol–water partition coefficient (Wildman–Crippen LogP) is 5.27. The number of fused-ring (bicyclic) bond motifs is 1. The van der Waals surface area contributed by atoms with Crippen LogP contribution in [0.5, 0.6) is 17.4 Å². The van der Waals surface area contributed by atoms with Crippen LogP contribution < -0.4 is 14.2 Å². The fraction of sp³-hybridized carbons (Fsp3) is 0.333. The number of hydrogen-bond donors (Lipinski definition) is 1. The Kier molecular flexibility index (Phi) is 7.79. The van der Waals surface area contributed by atoms with E-state index in [0.29, 0.717) is 56.5 Å². The number of carboxylic acids is 1. The van der Waals surface area contributed by atoms with E-state index in [2.05, 4.69) is 9.97 Å². The minimum atomic E-state index is -1.05. The third-order valence-corrected chi connectivity index (χ3v) is 6.91. The van der Waals surface area contributed by atoms with Crippen molar-refractivity contribution in [3.63, 3.8) is 0 Å². The smallest absolute Gasteiger partial charge is 0.329 e. The number of hydrogen-bond acceptors (Lipinski definition) is 8. The third-order valence-electron chi connectivity index (χ3n) is 6.28. The molecule has 0 saturated heterocycles. The van der Waals surface area contributed by atoms with Gasteiger partial charge >= 0.3 is 5.97 Å². The standard InChI is InChI=1S/C27H26Cl2N4O6/c1-27(8-9-27)39-26-23-25(30-15-31-26)33(13-16-12-17(28)6-7-19(16)36-2)24(32-23)18-4-3-5-20(22(18)29)38-11-10-37-14-21(34)35/h3-7,12,15H,8-11,13-14H2,1-2H3,(H,34,35). The number of aliphatic carboxylic acids is 1. The van der Waals surface area contributed by atoms with Crippen LogP contribution >= 0.6 is 23.2 Å². The fourth-order valence-corrected chi connectivity index (χ4v) is 4.52. The number of carboxylic acid groups (broad SMARTS) is 1. The van der Waals surface area contributed by atoms with Crippen LogP contribution in [0.2, 0.25) is 10.0 Å². The number of benzene rings is 2. The number of methoxy groups -OCH3 is 1. The number of imidazole rings is 1. The van der Waals surface area contributed by atoms with Gasteiger partial charge in [-0.3, -0.25) is 0 Å². The molecular formula is C27H26Cl2N4O6. The van der Waals surface area contributed by atoms with Gasteiger partial charge in [-0.15, -0.1) is 0 Å². The van der Waals surface area contributed by atoms with Gasteiger partial charge in [-0.1, -0.05) is 29.3 Å². The first-order valence-electron chi connectivity index (χ1n) is 12.2. The summed E-state index contributed by atoms with van der Waals surface area (Å²) in [6.07, 6.45) is 3.33. The minimum Gasteiger partial charge on any atom is -0.496 e. The summed E-state index contributed by atoms with van der Waals surface area (Å²) < 4.78 is 24.5. The average Bonchev–Trinajstić information content (AvgIpc) is 3.52. The van der Waals surface area contributed by atoms with Crippen LogP contribution in [0, 0.1) is 0 Å². The van der Waals surface area contributed by atoms with Gasteiger partial charge in [0.15, 0.2) is 11.2 Å². The summed E-state index contributed by atoms with van der Waals surface area (Å²) in [5.41, 5.74) is 2.22. The molecule has 0 radical (unpaired) electrons. The Morgan fingerprint density at radius 1 is 1.13 bits per heavy atom. The van der Waals surface area contributed by atoms with Gasteiger partial charge in [0, 0.05) is 16.1 Å². The van der Waals surface area contributed by atoms with Crippen molar-refractivity contribution in [2.75, 3.05) is 26.9 Å². The van der Waals surface area contributed by atoms with Gasteiger partial charge in [0.25, 0.3) is 0 Å². The van der Waals surface area contributed by atoms with Crippen molar-refractivity contribution in [2.24, 2.45) is 0 Å². The van der Waals surface area contributed by atoms with E-state index in [1.807, 2.05) is 29.7 Å². The number of aromatic nitrogens is 4. The van der Waals surface area contributed by atoms with E-state index in [0.717, 1.165) is 18.4 Å². The molecule has 5 rings (SSSR count). The van der Waals surface area contributed by atoms with Gasteiger partial charge in [-0.25, -0.2) is 14.8 Å². The maximum atomic E-state index is 10.7. The molecule has 2 aromatic heterocycles. The molecule has 0 spiro atoms. The maximum absolute atomic E-state index is 10.7. The third kappa shape index (κ3) is 6.03. The maximum Gasteiger partial charge on any atom is 0.329 e. The zero-order valence-electron chi connectivity index (χ0n) is 21.3. The molecule has 0 unspecified atom stereocenters. The normalized spacial score (nSPS) is 13.8. The van der Waals surface area contributed by atoms with Gasteiger partial charge in [-0.2, -0.15) is 4.98 Å². The second-order valence-corrected chi connectivity index (χ2v) is 10.1. The number of nitrogens with zero attached hydrogens (tertiary/aromatic N) is 4. The van der Waals surface area contributed by atoms with Crippen molar-refractivity contribution in [3.8, 4) is 28.8 Å². The molecule has 10 nitrogen and oxygen atoms in total. The molecule has 2 aromatic carbocycles. The molecule has 0 amide bonds. The molecule has 4 aromatic rings. The molecule has 0 atom stereocenters. The van der Waals surface area contributed by atoms with E-state index in [9.17, 15) is 4.79 Å². The number of rotatable bonds is 12. The second kappa shape index (κ2) is 11.3. The Labute approximate surface area is 234 Å². The minimum absolute atomic E-state index is 0.0922. The molecule has 204 valence electrons. The van der Waals surface area contributed by atoms with Crippen molar-refractivity contribution < 1.29 is 28.8 Å². The lowest BCUT2D eigenvalue weighted by Gasteiger charge is -2.15. The predicted molar refractivity (Wildman–Crippen MR) is 145 cm³/mol. The number of carbonyl (C=O) groups is 1. The summed E-state index contributed by atoms with van der Waals surface area (Å²) >= 11 is 13.1. The molecule has 1 fully saturated rings. The molecule has 0 bridgehead atoms. The van der Waals surface area contributed by atoms with E-state index in [-0.39, 0.29) is 18.8 Å². The molecule has 12 heteroatoms. The summed E-state index contributed by atoms with van der Waals surface area (Å²) in [6, 6.07) is 10.8. The number of halogens is 2. The molecule has 1 aliphatic carbocycles. The second-order valence-electron chi connectivity index (χ2n) is 9.29. The van der Waals surface area contributed by atoms with E-state index in [1.54, 1.807) is 25.3 Å². The highest BCUT2D eigenvalue weighted by molar-refractivity contribution is 6.34. The van der Waals surface area contributed by atoms with Crippen molar-refractivity contribution in [3.05, 3.63) is 58.3 Å². The first-order chi connectivity index (χ1) is 18.8. The highest BCUT2D eigenvalue weighted by Gasteiger charge is 2.41. The van der Waals surface area contributed by atoms with Gasteiger partial charge in [0.1, 0.15) is 42.5 Å². The van der Waals surface area contributed by atoms with E-state index >= 15 is 0 Å². The Morgan fingerprint density at radius 3 is 2.69 bits per heavy atom. The SMILES string of the molecule is COc1ccc(Cl)cc1Cn1c(-c2cccc(OCCOCC(=O)O)c2Cl)nc2c(OC3(C)CC3)ncnc21. The Morgan fingerprint density at radius 2 is 1.95 bits per heavy atom. The highest BCUT2D eigenvalue weighted by Crippen LogP contribution is 2.42. The average molecular weight is 573 g/mol. The van der Waals surface area contributed by atoms with E-state index < -0.39 is 12.6 Å². The van der Waals surface area contributed by atoms with Crippen LogP contribution in [0.15, 0.2) is 42.7 Å². The quantitative estimate of drug-likeness (QED) is 0.226. The Balaban J connectivity index is 1.57. The Hall–Kier alpha value is -3.60. The first-order valence-corrected chi connectivity index (χ1v) is 13.0. The molecule has 1 N–H and O–H groups in total. The molecule has 1 saturated carbocycles. The zero-order valence-corrected chi connectivity index (χ0v) is 22.8. The lowest BCUT2D eigenvalue weighted by molar-refractivity contribution is -0.142. The van der Waals surface area contributed by atoms with Crippen LogP contribution in [0.4, 0.5) is 0 Å². The van der Waals surface area contributed by atoms with Crippen LogP contribution in [-0.2, 0) is 16.1 Å². The lowest BCUT2D eigenvalue weighted by atomic mass is 10.1. The van der Waals surface area contributed by atoms with Crippen LogP contribution in [0.1, 0.15) is 25.3 Å². The summed E-state index contributed by atoms with van der Waals surface area (Å²) in [5.74, 6) is 0.938. The van der Waals surface area contributed by atoms with Crippen molar-refractivity contribution >= 4 is 40.3 Å². The van der Waals surface area contributed by atoms with Crippen molar-refractivity contribution in [2.45, 2.75) is 31.9 Å². The van der Waals surface area contributed by atoms with E-state index in [1.165, 1.54) is 6.33 Å². The highest BCUT2D eigenvalue weighted by atomic mass is 35.5. The van der Waals surface area contributed by atoms with Gasteiger partial charge in [0.2, 0.25) is 5.88 Å². The monoisotopic (exact) mass is 572 g/mol. The largest absolute Gasteiger partial charge is 0.496 e. The molecule has 0 aliphatic heterocycles. The topological polar surface area (TPSA) is 118 Å². The molecular weight excluding hydrogens is 547 g/mol. The molecule has 1 aliphatic rings. The first kappa shape index (κ1) is 27.0. The lowest BCUT2D eigenvalue weighted by Crippen LogP contribution is -2.13. The van der Waals surface area contributed by atoms with Gasteiger partial charge in [0.05, 0.1) is 25.3 Å². The summed E-state index contributed by atoms with van der Waals surface area (Å²) in [4.78, 5) is 24.5. The van der Waals surface area contributed by atoms with Gasteiger partial charge in [-0.05, 0) is 50.1 Å². The fourth-order valence-electron chi connectivity index (χ4n) is 4.06. The zero-order chi connectivity index (χ0) is 27.6. The van der Waals surface area contributed by atoms with Crippen LogP contribution in [-0.4, -0.2) is 63.1 Å². The Bertz CT molecular complexity index is 1520. The van der Waals surface area contributed by atoms with Crippen LogP contribution in [0.3, 0.4) is 0 Å². The van der Waals surface area contributed by atoms with Crippen LogP contribution in [0.25, 0.3) is 22.6 Å². The van der Waals surface area contributed by atoms with Crippen molar-refractivity contribution in [1.29, 1.82) is 0 Å². The van der Waals surface area contributed by atoms with E-state index in [4.69, 9.17) is 52.2 Å². The summed E-state index contributed by atoms with van der Waals surface area (Å²) in [6.45, 7) is 2.17. The molecule has 39 heavy (non-hydrogen) atoms. The summed E-state index contributed by atoms with van der Waals surface area (Å²) in [5, 5.41) is 9.63. The number of ether oxygens (including phenoxy) is 4.